The fraction of sp³-hybridized carbons (Fsp3) is 0.391. The highest BCUT2D eigenvalue weighted by Crippen LogP contribution is 2.40. The van der Waals surface area contributed by atoms with Crippen LogP contribution >= 0.6 is 15.9 Å². The van der Waals surface area contributed by atoms with Gasteiger partial charge in [-0.1, -0.05) is 29.8 Å². The first-order valence-corrected chi connectivity index (χ1v) is 11.5. The number of aromatic nitrogens is 1. The minimum atomic E-state index is -4.78. The van der Waals surface area contributed by atoms with Gasteiger partial charge in [0, 0.05) is 28.0 Å². The maximum atomic E-state index is 14.2. The fourth-order valence-electron chi connectivity index (χ4n) is 3.98. The van der Waals surface area contributed by atoms with Crippen LogP contribution in [0.5, 0.6) is 0 Å². The molecule has 1 aromatic heterocycles. The van der Waals surface area contributed by atoms with Crippen LogP contribution in [0, 0.1) is 6.92 Å². The summed E-state index contributed by atoms with van der Waals surface area (Å²) in [4.78, 5) is 30.8. The van der Waals surface area contributed by atoms with E-state index in [1.807, 2.05) is 13.8 Å². The monoisotopic (exact) mass is 527 g/mol. The van der Waals surface area contributed by atoms with Gasteiger partial charge in [-0.25, -0.2) is 4.79 Å². The van der Waals surface area contributed by atoms with Crippen LogP contribution in [0.25, 0.3) is 11.6 Å². The Bertz CT molecular complexity index is 1100. The molecule has 0 fully saturated rings. The van der Waals surface area contributed by atoms with Crippen molar-refractivity contribution in [3.8, 4) is 0 Å². The van der Waals surface area contributed by atoms with Crippen molar-refractivity contribution in [1.82, 2.24) is 9.88 Å². The van der Waals surface area contributed by atoms with Crippen LogP contribution in [-0.4, -0.2) is 54.9 Å². The highest BCUT2D eigenvalue weighted by atomic mass is 79.9. The molecule has 0 saturated carbocycles. The van der Waals surface area contributed by atoms with Gasteiger partial charge in [0.2, 0.25) is 0 Å². The van der Waals surface area contributed by atoms with Crippen molar-refractivity contribution in [3.63, 3.8) is 0 Å². The number of H-pyrrole nitrogens is 1. The number of nitrogens with zero attached hydrogens (tertiary/aromatic N) is 1. The number of halogens is 4. The largest absolute Gasteiger partial charge is 0.419 e. The summed E-state index contributed by atoms with van der Waals surface area (Å²) < 4.78 is 43.2. The zero-order valence-corrected chi connectivity index (χ0v) is 20.5. The maximum Gasteiger partial charge on any atom is 0.419 e. The molecule has 0 bridgehead atoms. The molecule has 1 unspecified atom stereocenters. The van der Waals surface area contributed by atoms with Crippen LogP contribution in [0.2, 0.25) is 0 Å². The van der Waals surface area contributed by atoms with Crippen LogP contribution < -0.4 is 10.2 Å². The van der Waals surface area contributed by atoms with E-state index >= 15 is 0 Å². The van der Waals surface area contributed by atoms with Gasteiger partial charge in [0.15, 0.2) is 0 Å². The average Bonchev–Trinajstić information content (AvgIpc) is 3.24. The minimum Gasteiger partial charge on any atom is -0.358 e. The first-order valence-electron chi connectivity index (χ1n) is 10.7. The number of aryl methyl sites for hydroxylation is 1. The van der Waals surface area contributed by atoms with E-state index in [1.165, 1.54) is 13.0 Å². The second kappa shape index (κ2) is 9.82. The van der Waals surface area contributed by atoms with E-state index in [4.69, 9.17) is 0 Å². The summed E-state index contributed by atoms with van der Waals surface area (Å²) in [5.74, 6) is -1.13. The summed E-state index contributed by atoms with van der Waals surface area (Å²) in [6.45, 7) is 8.00. The lowest BCUT2D eigenvalue weighted by atomic mass is 10.0. The zero-order chi connectivity index (χ0) is 24.5. The number of aromatic amines is 1. The Labute approximate surface area is 199 Å². The van der Waals surface area contributed by atoms with Crippen molar-refractivity contribution in [3.05, 3.63) is 50.8 Å². The van der Waals surface area contributed by atoms with E-state index in [0.717, 1.165) is 13.1 Å². The van der Waals surface area contributed by atoms with Gasteiger partial charge in [0.1, 0.15) is 5.56 Å². The number of alkyl halides is 3. The smallest absolute Gasteiger partial charge is 0.358 e. The van der Waals surface area contributed by atoms with Crippen LogP contribution in [0.3, 0.4) is 0 Å². The molecule has 0 radical (unpaired) electrons. The number of amides is 2. The van der Waals surface area contributed by atoms with Crippen LogP contribution in [-0.2, 0) is 11.0 Å². The molecular weight excluding hydrogens is 501 g/mol. The zero-order valence-electron chi connectivity index (χ0n) is 18.9. The number of fused-ring (bicyclic) bond motifs is 1. The second-order valence-corrected chi connectivity index (χ2v) is 8.92. The summed E-state index contributed by atoms with van der Waals surface area (Å²) in [5.41, 5.74) is -0.519. The van der Waals surface area contributed by atoms with Gasteiger partial charge >= 0.3 is 12.1 Å². The highest BCUT2D eigenvalue weighted by molar-refractivity contribution is 9.10. The Hall–Kier alpha value is -2.43. The number of likely N-dealkylation sites (N-methyl/N-ethyl adjacent to an activating group) is 2. The molecule has 3 N–H and O–H groups in total. The van der Waals surface area contributed by atoms with Crippen molar-refractivity contribution in [2.75, 3.05) is 38.5 Å². The third-order valence-electron chi connectivity index (χ3n) is 5.87. The first-order chi connectivity index (χ1) is 15.5. The molecule has 2 heterocycles. The number of benzene rings is 1. The fourth-order valence-corrected chi connectivity index (χ4v) is 4.34. The van der Waals surface area contributed by atoms with Gasteiger partial charge in [0.25, 0.3) is 5.91 Å². The molecule has 1 aliphatic rings. The number of hydrogen-bond donors (Lipinski definition) is 3. The molecule has 10 heteroatoms. The second-order valence-electron chi connectivity index (χ2n) is 8.00. The summed E-state index contributed by atoms with van der Waals surface area (Å²) in [5, 5.41) is 2.65. The van der Waals surface area contributed by atoms with Gasteiger partial charge in [0.05, 0.1) is 30.4 Å². The van der Waals surface area contributed by atoms with E-state index in [1.54, 1.807) is 25.2 Å². The van der Waals surface area contributed by atoms with Gasteiger partial charge in [-0.15, -0.1) is 0 Å². The molecule has 0 saturated heterocycles. The Balaban J connectivity index is 2.04. The Morgan fingerprint density at radius 3 is 2.52 bits per heavy atom. The maximum absolute atomic E-state index is 14.2. The summed E-state index contributed by atoms with van der Waals surface area (Å²) in [6.07, 6.45) is -3.61. The standard InChI is InChI=1S/C23H26BrF3N4O2/c1-5-31(6-2)10-9-30(4)22(33)19-13(3)28-18(20(19)23(25,26)27)12-16-15-11-14(24)7-8-17(15)29-21(16)32/h7-8,11-12,28H,5-6,9-10H2,1-4H3,(H,29,32)/p+1/b16-12-. The molecule has 2 amide bonds. The van der Waals surface area contributed by atoms with Gasteiger partial charge in [-0.2, -0.15) is 13.2 Å². The Kier molecular flexibility index (Phi) is 7.50. The number of quaternary nitrogens is 1. The van der Waals surface area contributed by atoms with Crippen LogP contribution in [0.15, 0.2) is 22.7 Å². The molecule has 1 atom stereocenters. The average molecular weight is 528 g/mol. The highest BCUT2D eigenvalue weighted by Gasteiger charge is 2.42. The van der Waals surface area contributed by atoms with Crippen molar-refractivity contribution in [2.24, 2.45) is 0 Å². The van der Waals surface area contributed by atoms with Crippen molar-refractivity contribution in [1.29, 1.82) is 0 Å². The predicted octanol–water partition coefficient (Wildman–Crippen LogP) is 3.59. The number of rotatable bonds is 7. The number of carbonyl (C=O) groups is 2. The molecular formula is C23H27BrF3N4O2+. The first kappa shape index (κ1) is 25.2. The van der Waals surface area contributed by atoms with Crippen molar-refractivity contribution < 1.29 is 27.7 Å². The van der Waals surface area contributed by atoms with Crippen LogP contribution in [0.4, 0.5) is 18.9 Å². The van der Waals surface area contributed by atoms with E-state index < -0.39 is 23.6 Å². The lowest BCUT2D eigenvalue weighted by Crippen LogP contribution is -3.12. The lowest BCUT2D eigenvalue weighted by molar-refractivity contribution is -0.791. The van der Waals surface area contributed by atoms with E-state index in [-0.39, 0.29) is 22.5 Å². The number of carbonyl (C=O) groups excluding carboxylic acids is 2. The molecule has 178 valence electrons. The van der Waals surface area contributed by atoms with E-state index in [2.05, 4.69) is 31.1 Å². The van der Waals surface area contributed by atoms with Crippen LogP contribution in [0.1, 0.15) is 46.7 Å². The molecule has 0 aliphatic carbocycles. The third-order valence-corrected chi connectivity index (χ3v) is 6.36. The Morgan fingerprint density at radius 2 is 1.91 bits per heavy atom. The quantitative estimate of drug-likeness (QED) is 0.482. The molecule has 6 nitrogen and oxygen atoms in total. The number of anilines is 1. The number of hydrogen-bond acceptors (Lipinski definition) is 3. The van der Waals surface area contributed by atoms with Crippen molar-refractivity contribution >= 4 is 45.1 Å². The van der Waals surface area contributed by atoms with E-state index in [0.29, 0.717) is 33.7 Å². The molecule has 3 rings (SSSR count). The molecule has 0 spiro atoms. The normalized spacial score (nSPS) is 15.8. The molecule has 1 aromatic carbocycles. The molecule has 1 aliphatic heterocycles. The summed E-state index contributed by atoms with van der Waals surface area (Å²) in [7, 11) is 1.58. The van der Waals surface area contributed by atoms with Gasteiger partial charge in [-0.05, 0) is 44.3 Å². The van der Waals surface area contributed by atoms with E-state index in [9.17, 15) is 22.8 Å². The van der Waals surface area contributed by atoms with Gasteiger partial charge < -0.3 is 10.3 Å². The Morgan fingerprint density at radius 1 is 1.24 bits per heavy atom. The molecule has 33 heavy (non-hydrogen) atoms. The molecule has 2 aromatic rings. The minimum absolute atomic E-state index is 0.0966. The topological polar surface area (TPSA) is 69.6 Å². The third kappa shape index (κ3) is 5.23. The number of nitrogens with one attached hydrogen (secondary N) is 3. The predicted molar refractivity (Wildman–Crippen MR) is 125 cm³/mol. The summed E-state index contributed by atoms with van der Waals surface area (Å²) in [6, 6.07) is 5.07. The van der Waals surface area contributed by atoms with Gasteiger partial charge in [-0.3, -0.25) is 14.6 Å². The van der Waals surface area contributed by atoms with Crippen molar-refractivity contribution in [2.45, 2.75) is 26.9 Å². The summed E-state index contributed by atoms with van der Waals surface area (Å²) >= 11 is 3.32. The SMILES string of the molecule is CCN(CC)CC[NH+](C)C(=O)c1c(C)[nH]c(/C=C2\C(=O)Nc3ccc(Br)cc32)c1C(F)(F)F. The lowest BCUT2D eigenvalue weighted by Gasteiger charge is -2.20.